The summed E-state index contributed by atoms with van der Waals surface area (Å²) in [6.07, 6.45) is 47.5. The molecule has 14 bridgehead atoms. The van der Waals surface area contributed by atoms with Crippen LogP contribution in [0.5, 0.6) is 0 Å². The molecular weight excluding hydrogens is 969 g/mol. The van der Waals surface area contributed by atoms with Crippen LogP contribution in [0.3, 0.4) is 0 Å². The van der Waals surface area contributed by atoms with Crippen LogP contribution in [0.2, 0.25) is 0 Å². The van der Waals surface area contributed by atoms with Crippen LogP contribution in [0.1, 0.15) is 295 Å². The monoisotopic (exact) mass is 1070 g/mol. The van der Waals surface area contributed by atoms with Crippen molar-refractivity contribution in [2.75, 3.05) is 5.73 Å². The maximum absolute atomic E-state index is 14.2. The number of hydrogen-bond acceptors (Lipinski definition) is 3. The van der Waals surface area contributed by atoms with Crippen LogP contribution < -0.4 is 5.73 Å². The van der Waals surface area contributed by atoms with Crippen molar-refractivity contribution in [2.24, 2.45) is 124 Å². The zero-order chi connectivity index (χ0) is 52.0. The average molecular weight is 1070 g/mol. The third kappa shape index (κ3) is 6.58. The summed E-state index contributed by atoms with van der Waals surface area (Å²) in [7, 11) is 0. The van der Waals surface area contributed by atoms with Gasteiger partial charge in [-0.2, -0.15) is 0 Å². The third-order valence-electron chi connectivity index (χ3n) is 32.3. The zero-order valence-electron chi connectivity index (χ0n) is 48.9. The topological polar surface area (TPSA) is 56.0 Å². The molecule has 0 radical (unpaired) electrons. The molecule has 29 unspecified atom stereocenters. The molecule has 18 aliphatic carbocycles. The minimum Gasteiger partial charge on any atom is -0.398 e. The molecule has 0 aliphatic heterocycles. The number of nitrogens with zero attached hydrogens (tertiary/aromatic N) is 1. The van der Waals surface area contributed by atoms with Crippen LogP contribution in [0.25, 0.3) is 0 Å². The lowest BCUT2D eigenvalue weighted by Crippen LogP contribution is -2.62. The molecule has 3 aromatic rings. The largest absolute Gasteiger partial charge is 0.398 e. The molecule has 1 heterocycles. The first-order valence-electron chi connectivity index (χ1n) is 35.9. The number of pyridine rings is 1. The predicted molar refractivity (Wildman–Crippen MR) is 320 cm³/mol. The summed E-state index contributed by atoms with van der Waals surface area (Å²) < 4.78 is 0. The predicted octanol–water partition coefficient (Wildman–Crippen LogP) is 18.8. The SMILES string of the molecule is Nc1c(C2CC3CC2C(C2C4CCC5CCC54C2c2cccc(C4CC5CCC4CC5C4CC5CC4CC5c4ccnc(C5CC6CCC5C6)c4C4CC5CCC4C5)c2C=O)C3)ccc(C2CC3CCC2C3)c1C1CC2CCC1C2. The number of nitrogens with two attached hydrogens (primary N) is 1. The second-order valence-electron chi connectivity index (χ2n) is 34.3. The molecule has 1 aromatic heterocycles. The standard InChI is InChI=1S/C77H98N2O/c78-75-57(16-15-54(58-26-39-4-8-44(58)22-39)71(75)63-27-40-5-9-45(63)23-40)66-30-43-31-67(66)68(32-43)73-70-17-14-52-18-20-77(52,70)74(73)56-3-1-2-53(69(56)38-80)59-34-49-13-12-48(59)35-60(49)62-37-50-33-51(62)36-61(50)55-19-21-79-76(65-29-42-7-11-47(65)25-42)72(55)64-28-41-6-10-46(64)24-41/h1-3,15-16,19,21,38-52,58-68,70,73-74H,4-14,17-18,20,22-37,78H2. The van der Waals surface area contributed by atoms with Gasteiger partial charge in [0, 0.05) is 29.1 Å². The molecule has 29 atom stereocenters. The van der Waals surface area contributed by atoms with Crippen molar-refractivity contribution in [3.8, 4) is 0 Å². The summed E-state index contributed by atoms with van der Waals surface area (Å²) in [5, 5.41) is 0. The highest BCUT2D eigenvalue weighted by Gasteiger charge is 2.74. The number of fused-ring (bicyclic) bond motifs is 15. The number of rotatable bonds is 11. The fourth-order valence-corrected chi connectivity index (χ4v) is 29.7. The van der Waals surface area contributed by atoms with Gasteiger partial charge in [0.1, 0.15) is 0 Å². The summed E-state index contributed by atoms with van der Waals surface area (Å²) >= 11 is 0. The molecule has 2 N–H and O–H groups in total. The van der Waals surface area contributed by atoms with Crippen molar-refractivity contribution in [2.45, 2.75) is 240 Å². The maximum Gasteiger partial charge on any atom is 0.150 e. The van der Waals surface area contributed by atoms with E-state index in [1.807, 2.05) is 11.1 Å². The molecule has 21 rings (SSSR count). The molecule has 18 saturated carbocycles. The van der Waals surface area contributed by atoms with Crippen LogP contribution in [0.4, 0.5) is 5.69 Å². The van der Waals surface area contributed by atoms with E-state index < -0.39 is 0 Å². The van der Waals surface area contributed by atoms with E-state index in [4.69, 9.17) is 10.7 Å². The van der Waals surface area contributed by atoms with Gasteiger partial charge in [-0.05, 0) is 377 Å². The van der Waals surface area contributed by atoms with Gasteiger partial charge in [-0.1, -0.05) is 56.0 Å². The van der Waals surface area contributed by atoms with E-state index in [-0.39, 0.29) is 0 Å². The molecule has 3 heteroatoms. The number of aldehydes is 1. The quantitative estimate of drug-likeness (QED) is 0.154. The van der Waals surface area contributed by atoms with Gasteiger partial charge in [0.15, 0.2) is 6.29 Å². The fourth-order valence-electron chi connectivity index (χ4n) is 29.7. The van der Waals surface area contributed by atoms with Gasteiger partial charge in [0.05, 0.1) is 0 Å². The molecule has 0 saturated heterocycles. The Morgan fingerprint density at radius 2 is 0.988 bits per heavy atom. The second-order valence-corrected chi connectivity index (χ2v) is 34.3. The van der Waals surface area contributed by atoms with Crippen LogP contribution >= 0.6 is 0 Å². The number of hydrogen-bond donors (Lipinski definition) is 1. The van der Waals surface area contributed by atoms with Gasteiger partial charge in [0.25, 0.3) is 0 Å². The molecule has 18 fully saturated rings. The molecule has 2 aromatic carbocycles. The smallest absolute Gasteiger partial charge is 0.150 e. The van der Waals surface area contributed by atoms with E-state index in [2.05, 4.69) is 42.6 Å². The number of benzene rings is 2. The van der Waals surface area contributed by atoms with E-state index in [0.717, 1.165) is 148 Å². The van der Waals surface area contributed by atoms with Gasteiger partial charge in [-0.15, -0.1) is 0 Å². The first-order valence-corrected chi connectivity index (χ1v) is 35.9. The number of carbonyl (C=O) groups is 1. The number of nitrogen functional groups attached to an aromatic ring is 1. The molecule has 3 nitrogen and oxygen atoms in total. The van der Waals surface area contributed by atoms with Gasteiger partial charge in [-0.25, -0.2) is 0 Å². The van der Waals surface area contributed by atoms with Crippen LogP contribution in [-0.2, 0) is 0 Å². The Balaban J connectivity index is 0.575. The van der Waals surface area contributed by atoms with Crippen molar-refractivity contribution in [3.63, 3.8) is 0 Å². The number of carbonyl (C=O) groups excluding carboxylic acids is 1. The van der Waals surface area contributed by atoms with Gasteiger partial charge in [-0.3, -0.25) is 9.78 Å². The lowest BCUT2D eigenvalue weighted by molar-refractivity contribution is -0.169. The Morgan fingerprint density at radius 3 is 1.62 bits per heavy atom. The third-order valence-corrected chi connectivity index (χ3v) is 32.3. The van der Waals surface area contributed by atoms with E-state index in [0.29, 0.717) is 23.2 Å². The lowest BCUT2D eigenvalue weighted by atomic mass is 9.35. The molecule has 0 amide bonds. The Hall–Kier alpha value is -2.94. The Labute approximate surface area is 481 Å². The molecular formula is C77H98N2O. The van der Waals surface area contributed by atoms with E-state index in [9.17, 15) is 4.79 Å². The summed E-state index contributed by atoms with van der Waals surface area (Å²) in [5.74, 6) is 23.4. The first-order chi connectivity index (χ1) is 39.4. The summed E-state index contributed by atoms with van der Waals surface area (Å²) in [6, 6.07) is 15.5. The van der Waals surface area contributed by atoms with Crippen LogP contribution in [-0.4, -0.2) is 11.3 Å². The van der Waals surface area contributed by atoms with Gasteiger partial charge < -0.3 is 5.73 Å². The van der Waals surface area contributed by atoms with E-state index in [1.54, 1.807) is 27.9 Å². The second kappa shape index (κ2) is 17.6. The van der Waals surface area contributed by atoms with Gasteiger partial charge >= 0.3 is 0 Å². The average Bonchev–Trinajstić information content (AvgIpc) is 3.60. The van der Waals surface area contributed by atoms with Crippen molar-refractivity contribution in [3.05, 3.63) is 92.8 Å². The highest BCUT2D eigenvalue weighted by atomic mass is 16.1. The number of aromatic nitrogens is 1. The van der Waals surface area contributed by atoms with Crippen LogP contribution in [0.15, 0.2) is 42.6 Å². The highest BCUT2D eigenvalue weighted by molar-refractivity contribution is 5.81. The van der Waals surface area contributed by atoms with E-state index >= 15 is 0 Å². The Bertz CT molecular complexity index is 3030. The summed E-state index contributed by atoms with van der Waals surface area (Å²) in [5.41, 5.74) is 24.2. The molecule has 18 aliphatic rings. The first kappa shape index (κ1) is 48.3. The van der Waals surface area contributed by atoms with E-state index in [1.165, 1.54) is 216 Å². The minimum atomic E-state index is 0.469. The summed E-state index contributed by atoms with van der Waals surface area (Å²) in [4.78, 5) is 19.6. The highest BCUT2D eigenvalue weighted by Crippen LogP contribution is 2.82. The zero-order valence-corrected chi connectivity index (χ0v) is 48.9. The van der Waals surface area contributed by atoms with Crippen molar-refractivity contribution in [1.29, 1.82) is 0 Å². The fraction of sp³-hybridized carbons (Fsp3) is 0.766. The lowest BCUT2D eigenvalue weighted by Gasteiger charge is -2.69. The molecule has 1 spiro atoms. The van der Waals surface area contributed by atoms with Gasteiger partial charge in [0.2, 0.25) is 0 Å². The Kier molecular flexibility index (Phi) is 10.6. The van der Waals surface area contributed by atoms with Crippen molar-refractivity contribution in [1.82, 2.24) is 4.98 Å². The van der Waals surface area contributed by atoms with Crippen LogP contribution in [0, 0.1) is 124 Å². The normalized spacial score (nSPS) is 52.4. The molecule has 80 heavy (non-hydrogen) atoms. The van der Waals surface area contributed by atoms with Crippen molar-refractivity contribution < 1.29 is 4.79 Å². The molecule has 422 valence electrons. The van der Waals surface area contributed by atoms with Crippen molar-refractivity contribution >= 4 is 12.0 Å². The minimum absolute atomic E-state index is 0.469. The maximum atomic E-state index is 14.2. The Morgan fingerprint density at radius 1 is 0.412 bits per heavy atom. The summed E-state index contributed by atoms with van der Waals surface area (Å²) in [6.45, 7) is 0. The number of anilines is 1.